The Kier molecular flexibility index (Phi) is 27.2. The van der Waals surface area contributed by atoms with Gasteiger partial charge in [0.2, 0.25) is 0 Å². The normalized spacial score (nSPS) is 12.3. The van der Waals surface area contributed by atoms with Gasteiger partial charge in [-0.25, -0.2) is 0 Å². The topological polar surface area (TPSA) is 80.6 Å². The van der Waals surface area contributed by atoms with Crippen molar-refractivity contribution in [1.29, 1.82) is 0 Å². The highest BCUT2D eigenvalue weighted by Gasteiger charge is 2.30. The number of hydrogen-bond acceptors (Lipinski definition) is 4. The first-order chi connectivity index (χ1) is 15.8. The summed E-state index contributed by atoms with van der Waals surface area (Å²) in [6.45, 7) is 7.98. The number of quaternary nitrogens is 1. The number of aliphatic carboxylic acids is 1. The van der Waals surface area contributed by atoms with E-state index in [-0.39, 0.29) is 6.04 Å². The number of carbonyl (C=O) groups excluding carboxylic acids is 1. The lowest BCUT2D eigenvalue weighted by Gasteiger charge is -2.27. The van der Waals surface area contributed by atoms with Crippen LogP contribution in [0.3, 0.4) is 0 Å². The molecule has 0 bridgehead atoms. The fraction of sp³-hybridized carbons (Fsp3) is 0.964. The number of rotatable bonds is 23. The highest BCUT2D eigenvalue weighted by Crippen LogP contribution is 2.18. The Bertz CT molecular complexity index is 397. The Labute approximate surface area is 206 Å². The standard InChI is InChI=1S/C26H56NO2.C2H4O2/c1-4-6-8-10-12-14-16-18-20-22-24-26(3)27(28,29)25-23-21-19-17-15-13-11-9-7-5-2;1-2(3)4/h26,28-29H,4-25H2,1-3H3;1H3,(H,3,4)/q+1;/p-1. The second kappa shape index (κ2) is 26.0. The van der Waals surface area contributed by atoms with E-state index < -0.39 is 10.8 Å². The lowest BCUT2D eigenvalue weighted by Crippen LogP contribution is -2.49. The van der Waals surface area contributed by atoms with Gasteiger partial charge in [-0.15, -0.1) is 0 Å². The van der Waals surface area contributed by atoms with E-state index in [2.05, 4.69) is 13.8 Å². The molecule has 0 radical (unpaired) electrons. The molecule has 5 heteroatoms. The quantitative estimate of drug-likeness (QED) is 0.0896. The molecule has 0 heterocycles. The van der Waals surface area contributed by atoms with Gasteiger partial charge in [-0.3, -0.25) is 0 Å². The minimum Gasteiger partial charge on any atom is -0.550 e. The first kappa shape index (κ1) is 34.5. The lowest BCUT2D eigenvalue weighted by atomic mass is 10.0. The monoisotopic (exact) mass is 473 g/mol. The Morgan fingerprint density at radius 1 is 0.636 bits per heavy atom. The van der Waals surface area contributed by atoms with Crippen molar-refractivity contribution in [2.75, 3.05) is 6.54 Å². The van der Waals surface area contributed by atoms with Crippen molar-refractivity contribution >= 4 is 5.97 Å². The van der Waals surface area contributed by atoms with Gasteiger partial charge in [-0.1, -0.05) is 123 Å². The molecule has 0 saturated heterocycles. The Morgan fingerprint density at radius 2 is 0.909 bits per heavy atom. The number of carboxylic acid groups (broad SMARTS) is 1. The molecule has 0 saturated carbocycles. The summed E-state index contributed by atoms with van der Waals surface area (Å²) in [6.07, 6.45) is 27.0. The van der Waals surface area contributed by atoms with Crippen LogP contribution in [0.2, 0.25) is 0 Å². The summed E-state index contributed by atoms with van der Waals surface area (Å²) in [5.41, 5.74) is 0. The molecule has 0 amide bonds. The molecule has 0 aromatic carbocycles. The molecule has 0 aliphatic rings. The van der Waals surface area contributed by atoms with Crippen LogP contribution in [-0.2, 0) is 4.79 Å². The lowest BCUT2D eigenvalue weighted by molar-refractivity contribution is -1.26. The van der Waals surface area contributed by atoms with Crippen molar-refractivity contribution in [3.63, 3.8) is 0 Å². The van der Waals surface area contributed by atoms with Gasteiger partial charge in [-0.05, 0) is 31.5 Å². The van der Waals surface area contributed by atoms with Crippen LogP contribution in [-0.4, -0.2) is 33.8 Å². The average Bonchev–Trinajstić information content (AvgIpc) is 2.75. The average molecular weight is 474 g/mol. The maximum absolute atomic E-state index is 10.3. The Balaban J connectivity index is 0. The van der Waals surface area contributed by atoms with Gasteiger partial charge in [0.25, 0.3) is 0 Å². The molecule has 1 atom stereocenters. The van der Waals surface area contributed by atoms with Gasteiger partial charge < -0.3 is 9.90 Å². The van der Waals surface area contributed by atoms with Crippen LogP contribution in [0.25, 0.3) is 0 Å². The van der Waals surface area contributed by atoms with E-state index >= 15 is 0 Å². The summed E-state index contributed by atoms with van der Waals surface area (Å²) in [6, 6.07) is -0.0670. The van der Waals surface area contributed by atoms with Crippen LogP contribution < -0.4 is 5.11 Å². The van der Waals surface area contributed by atoms with E-state index in [1.54, 1.807) is 0 Å². The Hall–Kier alpha value is -0.650. The van der Waals surface area contributed by atoms with Gasteiger partial charge in [0.15, 0.2) is 0 Å². The molecule has 5 nitrogen and oxygen atoms in total. The molecule has 0 rings (SSSR count). The van der Waals surface area contributed by atoms with Crippen molar-refractivity contribution in [3.05, 3.63) is 0 Å². The summed E-state index contributed by atoms with van der Waals surface area (Å²) < 4.78 is 0. The van der Waals surface area contributed by atoms with E-state index in [0.29, 0.717) is 6.54 Å². The zero-order valence-corrected chi connectivity index (χ0v) is 22.8. The molecule has 0 fully saturated rings. The second-order valence-corrected chi connectivity index (χ2v) is 10.0. The molecular weight excluding hydrogens is 414 g/mol. The highest BCUT2D eigenvalue weighted by atomic mass is 16.8. The Morgan fingerprint density at radius 3 is 1.24 bits per heavy atom. The third kappa shape index (κ3) is 29.3. The van der Waals surface area contributed by atoms with E-state index in [1.165, 1.54) is 109 Å². The third-order valence-electron chi connectivity index (χ3n) is 6.52. The van der Waals surface area contributed by atoms with Crippen LogP contribution in [0.4, 0.5) is 0 Å². The highest BCUT2D eigenvalue weighted by molar-refractivity contribution is 5.60. The summed E-state index contributed by atoms with van der Waals surface area (Å²) in [5.74, 6) is -1.08. The summed E-state index contributed by atoms with van der Waals surface area (Å²) >= 11 is 0. The number of carbonyl (C=O) groups is 1. The summed E-state index contributed by atoms with van der Waals surface area (Å²) in [4.78, 5) is 8.12. The van der Waals surface area contributed by atoms with Crippen LogP contribution in [0, 0.1) is 0 Å². The molecule has 0 spiro atoms. The van der Waals surface area contributed by atoms with Crippen molar-refractivity contribution in [3.8, 4) is 0 Å². The molecular formula is C28H59NO4. The first-order valence-electron chi connectivity index (χ1n) is 14.3. The second-order valence-electron chi connectivity index (χ2n) is 10.0. The SMILES string of the molecule is CC(=O)[O-].CCCCCCCCCCCCC(C)[N+](O)(O)CCCCCCCCCCCC. The molecule has 0 aromatic rings. The fourth-order valence-electron chi connectivity index (χ4n) is 4.19. The van der Waals surface area contributed by atoms with E-state index in [0.717, 1.165) is 32.6 Å². The number of hydroxylamine groups is 4. The first-order valence-corrected chi connectivity index (χ1v) is 14.3. The third-order valence-corrected chi connectivity index (χ3v) is 6.52. The predicted molar refractivity (Wildman–Crippen MR) is 137 cm³/mol. The summed E-state index contributed by atoms with van der Waals surface area (Å²) in [5, 5.41) is 29.6. The smallest absolute Gasteiger partial charge is 0.149 e. The fourth-order valence-corrected chi connectivity index (χ4v) is 4.19. The van der Waals surface area contributed by atoms with Crippen molar-refractivity contribution in [1.82, 2.24) is 0 Å². The van der Waals surface area contributed by atoms with Gasteiger partial charge in [0, 0.05) is 18.8 Å². The molecule has 0 aromatic heterocycles. The predicted octanol–water partition coefficient (Wildman–Crippen LogP) is 7.96. The molecule has 1 unspecified atom stereocenters. The van der Waals surface area contributed by atoms with E-state index in [4.69, 9.17) is 9.90 Å². The summed E-state index contributed by atoms with van der Waals surface area (Å²) in [7, 11) is 0. The minimum absolute atomic E-state index is 0.0670. The van der Waals surface area contributed by atoms with Gasteiger partial charge in [0.1, 0.15) is 12.6 Å². The number of carboxylic acids is 1. The van der Waals surface area contributed by atoms with Crippen LogP contribution >= 0.6 is 0 Å². The van der Waals surface area contributed by atoms with Crippen molar-refractivity contribution in [2.24, 2.45) is 0 Å². The zero-order valence-electron chi connectivity index (χ0n) is 22.8. The van der Waals surface area contributed by atoms with Crippen LogP contribution in [0.1, 0.15) is 163 Å². The molecule has 0 aliphatic heterocycles. The number of nitrogens with zero attached hydrogens (tertiary/aromatic N) is 1. The van der Waals surface area contributed by atoms with Gasteiger partial charge in [0.05, 0.1) is 0 Å². The largest absolute Gasteiger partial charge is 0.550 e. The van der Waals surface area contributed by atoms with Gasteiger partial charge >= 0.3 is 0 Å². The van der Waals surface area contributed by atoms with E-state index in [1.807, 2.05) is 6.92 Å². The van der Waals surface area contributed by atoms with Crippen LogP contribution in [0.15, 0.2) is 0 Å². The zero-order chi connectivity index (χ0) is 25.2. The van der Waals surface area contributed by atoms with Gasteiger partial charge in [-0.2, -0.15) is 10.4 Å². The molecule has 0 aliphatic carbocycles. The molecule has 200 valence electrons. The minimum atomic E-state index is -1.08. The number of hydrogen-bond donors (Lipinski definition) is 2. The van der Waals surface area contributed by atoms with Crippen molar-refractivity contribution < 1.29 is 25.1 Å². The maximum Gasteiger partial charge on any atom is 0.149 e. The molecule has 33 heavy (non-hydrogen) atoms. The number of unbranched alkanes of at least 4 members (excludes halogenated alkanes) is 18. The van der Waals surface area contributed by atoms with E-state index in [9.17, 15) is 10.4 Å². The molecule has 2 N–H and O–H groups in total. The maximum atomic E-state index is 10.3. The van der Waals surface area contributed by atoms with Crippen molar-refractivity contribution in [2.45, 2.75) is 169 Å². The van der Waals surface area contributed by atoms with Crippen LogP contribution in [0.5, 0.6) is 0 Å².